The molecule has 0 atom stereocenters. The Morgan fingerprint density at radius 2 is 1.68 bits per heavy atom. The molecule has 4 rings (SSSR count). The van der Waals surface area contributed by atoms with Gasteiger partial charge in [0.25, 0.3) is 5.91 Å². The second-order valence-electron chi connectivity index (χ2n) is 7.94. The van der Waals surface area contributed by atoms with Crippen LogP contribution in [0.2, 0.25) is 5.02 Å². The van der Waals surface area contributed by atoms with E-state index in [-0.39, 0.29) is 18.4 Å². The Bertz CT molecular complexity index is 1270. The van der Waals surface area contributed by atoms with Gasteiger partial charge in [-0.1, -0.05) is 41.9 Å². The number of rotatable bonds is 9. The van der Waals surface area contributed by atoms with Gasteiger partial charge in [-0.3, -0.25) is 9.59 Å². The lowest BCUT2D eigenvalue weighted by atomic mass is 10.2. The van der Waals surface area contributed by atoms with E-state index in [1.54, 1.807) is 29.2 Å². The zero-order valence-electron chi connectivity index (χ0n) is 19.1. The average Bonchev–Trinajstić information content (AvgIpc) is 3.20. The van der Waals surface area contributed by atoms with Crippen molar-refractivity contribution >= 4 is 40.1 Å². The van der Waals surface area contributed by atoms with Crippen LogP contribution in [-0.2, 0) is 17.8 Å². The van der Waals surface area contributed by atoms with E-state index in [4.69, 9.17) is 16.6 Å². The third kappa shape index (κ3) is 5.46. The molecule has 0 radical (unpaired) electrons. The second-order valence-corrected chi connectivity index (χ2v) is 8.38. The highest BCUT2D eigenvalue weighted by Gasteiger charge is 2.18. The van der Waals surface area contributed by atoms with E-state index in [1.807, 2.05) is 66.1 Å². The second kappa shape index (κ2) is 11.0. The fraction of sp³-hybridized carbons (Fsp3) is 0.222. The lowest BCUT2D eigenvalue weighted by Crippen LogP contribution is -2.34. The number of para-hydroxylation sites is 3. The minimum atomic E-state index is -0.137. The van der Waals surface area contributed by atoms with E-state index in [1.165, 1.54) is 0 Å². The molecule has 4 aromatic rings. The summed E-state index contributed by atoms with van der Waals surface area (Å²) in [6, 6.07) is 24.3. The number of fused-ring (bicyclic) bond motifs is 1. The van der Waals surface area contributed by atoms with Crippen LogP contribution in [0.25, 0.3) is 11.0 Å². The minimum Gasteiger partial charge on any atom is -0.352 e. The first-order chi connectivity index (χ1) is 16.6. The highest BCUT2D eigenvalue weighted by atomic mass is 35.5. The maximum atomic E-state index is 13.2. The zero-order chi connectivity index (χ0) is 23.9. The van der Waals surface area contributed by atoms with Crippen LogP contribution < -0.4 is 10.2 Å². The van der Waals surface area contributed by atoms with Crippen molar-refractivity contribution in [1.29, 1.82) is 0 Å². The Labute approximate surface area is 204 Å². The number of nitrogens with one attached hydrogen (secondary N) is 1. The summed E-state index contributed by atoms with van der Waals surface area (Å²) < 4.78 is 1.99. The quantitative estimate of drug-likeness (QED) is 0.343. The lowest BCUT2D eigenvalue weighted by molar-refractivity contribution is -0.119. The molecule has 0 saturated heterocycles. The molecule has 0 fully saturated rings. The standard InChI is InChI=1S/C27H27ClN4O2/c1-2-31(22-9-4-3-5-10-22)26(33)19-32-24-12-7-6-11-23(24)30-25(32)13-8-18-29-27(34)20-14-16-21(28)17-15-20/h3-7,9-12,14-17H,2,8,13,18-19H2,1H3,(H,29,34). The summed E-state index contributed by atoms with van der Waals surface area (Å²) in [5, 5.41) is 3.53. The monoisotopic (exact) mass is 474 g/mol. The number of likely N-dealkylation sites (N-methyl/N-ethyl adjacent to an activating group) is 1. The van der Waals surface area contributed by atoms with Gasteiger partial charge in [0.1, 0.15) is 12.4 Å². The highest BCUT2D eigenvalue weighted by molar-refractivity contribution is 6.30. The highest BCUT2D eigenvalue weighted by Crippen LogP contribution is 2.19. The van der Waals surface area contributed by atoms with Crippen LogP contribution in [0.5, 0.6) is 0 Å². The van der Waals surface area contributed by atoms with Crippen molar-refractivity contribution in [2.24, 2.45) is 0 Å². The van der Waals surface area contributed by atoms with E-state index in [2.05, 4.69) is 5.32 Å². The molecule has 7 heteroatoms. The first-order valence-corrected chi connectivity index (χ1v) is 11.8. The molecule has 0 aliphatic carbocycles. The molecule has 0 aliphatic heterocycles. The van der Waals surface area contributed by atoms with Gasteiger partial charge in [-0.05, 0) is 61.9 Å². The summed E-state index contributed by atoms with van der Waals surface area (Å²) in [6.07, 6.45) is 1.34. The molecule has 2 amide bonds. The molecule has 1 N–H and O–H groups in total. The van der Waals surface area contributed by atoms with Crippen molar-refractivity contribution in [1.82, 2.24) is 14.9 Å². The van der Waals surface area contributed by atoms with Crippen molar-refractivity contribution in [2.45, 2.75) is 26.3 Å². The smallest absolute Gasteiger partial charge is 0.251 e. The van der Waals surface area contributed by atoms with Gasteiger partial charge in [0.05, 0.1) is 11.0 Å². The Morgan fingerprint density at radius 1 is 0.971 bits per heavy atom. The summed E-state index contributed by atoms with van der Waals surface area (Å²) in [5.41, 5.74) is 3.24. The van der Waals surface area contributed by atoms with Gasteiger partial charge in [0, 0.05) is 35.8 Å². The largest absolute Gasteiger partial charge is 0.352 e. The third-order valence-corrected chi connectivity index (χ3v) is 5.93. The first kappa shape index (κ1) is 23.5. The van der Waals surface area contributed by atoms with Crippen molar-refractivity contribution < 1.29 is 9.59 Å². The predicted octanol–water partition coefficient (Wildman–Crippen LogP) is 5.11. The normalized spacial score (nSPS) is 10.9. The maximum Gasteiger partial charge on any atom is 0.251 e. The molecule has 174 valence electrons. The molecule has 0 aliphatic rings. The Hall–Kier alpha value is -3.64. The van der Waals surface area contributed by atoms with E-state index in [0.717, 1.165) is 22.5 Å². The summed E-state index contributed by atoms with van der Waals surface area (Å²) >= 11 is 5.89. The van der Waals surface area contributed by atoms with Gasteiger partial charge in [0.2, 0.25) is 5.91 Å². The fourth-order valence-corrected chi connectivity index (χ4v) is 4.10. The number of amides is 2. The number of halogens is 1. The number of hydrogen-bond acceptors (Lipinski definition) is 3. The van der Waals surface area contributed by atoms with E-state index >= 15 is 0 Å². The molecule has 0 bridgehead atoms. The van der Waals surface area contributed by atoms with Crippen molar-refractivity contribution in [2.75, 3.05) is 18.0 Å². The maximum absolute atomic E-state index is 13.2. The summed E-state index contributed by atoms with van der Waals surface area (Å²) in [4.78, 5) is 32.1. The van der Waals surface area contributed by atoms with Gasteiger partial charge < -0.3 is 14.8 Å². The SMILES string of the molecule is CCN(C(=O)Cn1c(CCCNC(=O)c2ccc(Cl)cc2)nc2ccccc21)c1ccccc1. The van der Waals surface area contributed by atoms with E-state index in [9.17, 15) is 9.59 Å². The predicted molar refractivity (Wildman–Crippen MR) is 136 cm³/mol. The van der Waals surface area contributed by atoms with Crippen LogP contribution >= 0.6 is 11.6 Å². The number of carbonyl (C=O) groups is 2. The van der Waals surface area contributed by atoms with Crippen LogP contribution in [0.3, 0.4) is 0 Å². The molecular formula is C27H27ClN4O2. The number of hydrogen-bond donors (Lipinski definition) is 1. The Balaban J connectivity index is 1.45. The Kier molecular flexibility index (Phi) is 7.60. The lowest BCUT2D eigenvalue weighted by Gasteiger charge is -2.22. The average molecular weight is 475 g/mol. The van der Waals surface area contributed by atoms with Gasteiger partial charge in [-0.25, -0.2) is 4.98 Å². The number of benzene rings is 3. The summed E-state index contributed by atoms with van der Waals surface area (Å²) in [7, 11) is 0. The van der Waals surface area contributed by atoms with E-state index < -0.39 is 0 Å². The molecule has 0 spiro atoms. The van der Waals surface area contributed by atoms with Crippen LogP contribution in [0, 0.1) is 0 Å². The van der Waals surface area contributed by atoms with Crippen molar-refractivity contribution in [3.63, 3.8) is 0 Å². The fourth-order valence-electron chi connectivity index (χ4n) is 3.98. The number of aryl methyl sites for hydroxylation is 1. The number of carbonyl (C=O) groups excluding carboxylic acids is 2. The van der Waals surface area contributed by atoms with Gasteiger partial charge in [-0.15, -0.1) is 0 Å². The van der Waals surface area contributed by atoms with Crippen LogP contribution in [-0.4, -0.2) is 34.5 Å². The number of anilines is 1. The summed E-state index contributed by atoms with van der Waals surface area (Å²) in [5.74, 6) is 0.704. The van der Waals surface area contributed by atoms with E-state index in [0.29, 0.717) is 36.5 Å². The first-order valence-electron chi connectivity index (χ1n) is 11.4. The van der Waals surface area contributed by atoms with Crippen LogP contribution in [0.15, 0.2) is 78.9 Å². The topological polar surface area (TPSA) is 67.2 Å². The Morgan fingerprint density at radius 3 is 2.41 bits per heavy atom. The number of imidazole rings is 1. The molecule has 34 heavy (non-hydrogen) atoms. The third-order valence-electron chi connectivity index (χ3n) is 5.68. The molecule has 1 heterocycles. The molecule has 1 aromatic heterocycles. The minimum absolute atomic E-state index is 0.00847. The number of nitrogens with zero attached hydrogens (tertiary/aromatic N) is 3. The summed E-state index contributed by atoms with van der Waals surface area (Å²) in [6.45, 7) is 3.27. The van der Waals surface area contributed by atoms with Gasteiger partial charge in [-0.2, -0.15) is 0 Å². The molecule has 3 aromatic carbocycles. The van der Waals surface area contributed by atoms with Gasteiger partial charge >= 0.3 is 0 Å². The van der Waals surface area contributed by atoms with Crippen LogP contribution in [0.4, 0.5) is 5.69 Å². The van der Waals surface area contributed by atoms with Crippen molar-refractivity contribution in [3.8, 4) is 0 Å². The van der Waals surface area contributed by atoms with Crippen LogP contribution in [0.1, 0.15) is 29.5 Å². The number of aromatic nitrogens is 2. The molecule has 6 nitrogen and oxygen atoms in total. The van der Waals surface area contributed by atoms with Crippen molar-refractivity contribution in [3.05, 3.63) is 95.3 Å². The molecule has 0 saturated carbocycles. The zero-order valence-corrected chi connectivity index (χ0v) is 19.8. The molecule has 0 unspecified atom stereocenters. The molecular weight excluding hydrogens is 448 g/mol. The van der Waals surface area contributed by atoms with Gasteiger partial charge in [0.15, 0.2) is 0 Å².